The van der Waals surface area contributed by atoms with Crippen LogP contribution in [0.2, 0.25) is 36.3 Å². The molecule has 1 heterocycles. The van der Waals surface area contributed by atoms with E-state index in [1.165, 1.54) is 0 Å². The minimum atomic E-state index is -1.66. The number of hydrogen-bond acceptors (Lipinski definition) is 3. The van der Waals surface area contributed by atoms with E-state index in [-0.39, 0.29) is 10.1 Å². The van der Waals surface area contributed by atoms with Crippen LogP contribution in [0.3, 0.4) is 0 Å². The molecule has 132 valence electrons. The van der Waals surface area contributed by atoms with Crippen molar-refractivity contribution >= 4 is 16.6 Å². The number of nitrogens with one attached hydrogen (secondary N) is 1. The second-order valence-corrected chi connectivity index (χ2v) is 19.5. The van der Waals surface area contributed by atoms with Crippen LogP contribution in [-0.2, 0) is 8.85 Å². The van der Waals surface area contributed by atoms with Crippen molar-refractivity contribution in [3.8, 4) is 0 Å². The predicted molar refractivity (Wildman–Crippen MR) is 102 cm³/mol. The van der Waals surface area contributed by atoms with Crippen molar-refractivity contribution < 1.29 is 8.85 Å². The molecule has 1 saturated heterocycles. The van der Waals surface area contributed by atoms with Gasteiger partial charge in [-0.3, -0.25) is 0 Å². The molecule has 3 nitrogen and oxygen atoms in total. The monoisotopic (exact) mass is 345 g/mol. The molecule has 1 aliphatic rings. The summed E-state index contributed by atoms with van der Waals surface area (Å²) in [6, 6.07) is 0.448. The molecule has 0 unspecified atom stereocenters. The molecule has 0 bridgehead atoms. The molecule has 0 aromatic rings. The van der Waals surface area contributed by atoms with E-state index in [1.54, 1.807) is 0 Å². The SMILES string of the molecule is CC(C)(C)[Si](C)(C)OC[C@@H]1C[C@H](O[Si](C)(C)C(C)(C)C)CN1. The Bertz CT molecular complexity index is 370. The lowest BCUT2D eigenvalue weighted by atomic mass is 10.2. The van der Waals surface area contributed by atoms with Gasteiger partial charge in [-0.1, -0.05) is 41.5 Å². The van der Waals surface area contributed by atoms with Gasteiger partial charge in [-0.05, 0) is 42.7 Å². The van der Waals surface area contributed by atoms with Crippen LogP contribution in [0.15, 0.2) is 0 Å². The molecule has 1 fully saturated rings. The Labute approximate surface area is 140 Å². The molecule has 1 N–H and O–H groups in total. The summed E-state index contributed by atoms with van der Waals surface area (Å²) in [4.78, 5) is 0. The first kappa shape index (κ1) is 20.4. The average molecular weight is 346 g/mol. The first-order valence-corrected chi connectivity index (χ1v) is 14.5. The summed E-state index contributed by atoms with van der Waals surface area (Å²) < 4.78 is 12.9. The van der Waals surface area contributed by atoms with Crippen LogP contribution in [0.5, 0.6) is 0 Å². The standard InChI is InChI=1S/C17H39NO2Si2/c1-16(2,3)21(7,8)19-13-14-11-15(12-18-14)20-22(9,10)17(4,5)6/h14-15,18H,11-13H2,1-10H3/t14-,15-/m0/s1. The zero-order valence-corrected chi connectivity index (χ0v) is 18.6. The number of rotatable bonds is 5. The largest absolute Gasteiger partial charge is 0.415 e. The van der Waals surface area contributed by atoms with Gasteiger partial charge in [0.25, 0.3) is 0 Å². The zero-order valence-electron chi connectivity index (χ0n) is 16.6. The van der Waals surface area contributed by atoms with Crippen LogP contribution in [0.1, 0.15) is 48.0 Å². The van der Waals surface area contributed by atoms with Gasteiger partial charge in [0.1, 0.15) is 0 Å². The Hall–Kier alpha value is 0.314. The Morgan fingerprint density at radius 2 is 1.41 bits per heavy atom. The maximum absolute atomic E-state index is 6.52. The number of hydrogen-bond donors (Lipinski definition) is 1. The first-order chi connectivity index (χ1) is 9.66. The molecule has 0 radical (unpaired) electrons. The van der Waals surface area contributed by atoms with Gasteiger partial charge in [-0.25, -0.2) is 0 Å². The molecule has 1 rings (SSSR count). The minimum absolute atomic E-state index is 0.280. The summed E-state index contributed by atoms with van der Waals surface area (Å²) in [5.41, 5.74) is 0. The third-order valence-electron chi connectivity index (χ3n) is 5.90. The fraction of sp³-hybridized carbons (Fsp3) is 1.00. The van der Waals surface area contributed by atoms with E-state index in [4.69, 9.17) is 8.85 Å². The molecular weight excluding hydrogens is 306 g/mol. The highest BCUT2D eigenvalue weighted by atomic mass is 28.4. The quantitative estimate of drug-likeness (QED) is 0.729. The van der Waals surface area contributed by atoms with Gasteiger partial charge in [0.15, 0.2) is 16.6 Å². The van der Waals surface area contributed by atoms with Crippen molar-refractivity contribution in [2.75, 3.05) is 13.2 Å². The van der Waals surface area contributed by atoms with Gasteiger partial charge in [-0.2, -0.15) is 0 Å². The van der Waals surface area contributed by atoms with Gasteiger partial charge in [0.2, 0.25) is 0 Å². The lowest BCUT2D eigenvalue weighted by Gasteiger charge is -2.38. The molecule has 5 heteroatoms. The van der Waals surface area contributed by atoms with Crippen molar-refractivity contribution in [2.24, 2.45) is 0 Å². The molecule has 0 amide bonds. The third-order valence-corrected chi connectivity index (χ3v) is 14.9. The van der Waals surface area contributed by atoms with E-state index in [9.17, 15) is 0 Å². The van der Waals surface area contributed by atoms with E-state index in [0.717, 1.165) is 19.6 Å². The third kappa shape index (κ3) is 5.16. The van der Waals surface area contributed by atoms with E-state index >= 15 is 0 Å². The van der Waals surface area contributed by atoms with Crippen LogP contribution >= 0.6 is 0 Å². The van der Waals surface area contributed by atoms with E-state index in [0.29, 0.717) is 12.1 Å². The van der Waals surface area contributed by atoms with Crippen LogP contribution in [0.4, 0.5) is 0 Å². The topological polar surface area (TPSA) is 30.5 Å². The second kappa shape index (κ2) is 6.67. The molecule has 0 aromatic heterocycles. The van der Waals surface area contributed by atoms with Crippen LogP contribution < -0.4 is 5.32 Å². The Morgan fingerprint density at radius 3 is 1.86 bits per heavy atom. The van der Waals surface area contributed by atoms with Crippen molar-refractivity contribution in [2.45, 2.75) is 96.4 Å². The molecule has 0 aliphatic carbocycles. The highest BCUT2D eigenvalue weighted by Gasteiger charge is 2.42. The van der Waals surface area contributed by atoms with Gasteiger partial charge in [0, 0.05) is 19.2 Å². The maximum atomic E-state index is 6.52. The van der Waals surface area contributed by atoms with Gasteiger partial charge in [0.05, 0.1) is 6.10 Å². The van der Waals surface area contributed by atoms with Gasteiger partial charge in [-0.15, -0.1) is 0 Å². The highest BCUT2D eigenvalue weighted by molar-refractivity contribution is 6.74. The van der Waals surface area contributed by atoms with Crippen LogP contribution in [-0.4, -0.2) is 41.9 Å². The summed E-state index contributed by atoms with van der Waals surface area (Å²) >= 11 is 0. The smallest absolute Gasteiger partial charge is 0.192 e. The summed E-state index contributed by atoms with van der Waals surface area (Å²) in [5.74, 6) is 0. The Morgan fingerprint density at radius 1 is 0.909 bits per heavy atom. The van der Waals surface area contributed by atoms with E-state index in [2.05, 4.69) is 73.0 Å². The summed E-state index contributed by atoms with van der Waals surface area (Å²) in [5, 5.41) is 4.16. The van der Waals surface area contributed by atoms with E-state index in [1.807, 2.05) is 0 Å². The minimum Gasteiger partial charge on any atom is -0.415 e. The highest BCUT2D eigenvalue weighted by Crippen LogP contribution is 2.39. The fourth-order valence-electron chi connectivity index (χ4n) is 2.12. The van der Waals surface area contributed by atoms with E-state index < -0.39 is 16.6 Å². The zero-order chi connectivity index (χ0) is 17.4. The van der Waals surface area contributed by atoms with Gasteiger partial charge >= 0.3 is 0 Å². The van der Waals surface area contributed by atoms with Crippen LogP contribution in [0, 0.1) is 0 Å². The molecule has 2 atom stereocenters. The van der Waals surface area contributed by atoms with Crippen molar-refractivity contribution in [1.82, 2.24) is 5.32 Å². The predicted octanol–water partition coefficient (Wildman–Crippen LogP) is 4.76. The average Bonchev–Trinajstić information content (AvgIpc) is 2.70. The fourth-order valence-corrected chi connectivity index (χ4v) is 4.54. The normalized spacial score (nSPS) is 24.8. The first-order valence-electron chi connectivity index (χ1n) is 8.71. The lowest BCUT2D eigenvalue weighted by Crippen LogP contribution is -2.44. The van der Waals surface area contributed by atoms with Gasteiger partial charge < -0.3 is 14.2 Å². The van der Waals surface area contributed by atoms with Crippen molar-refractivity contribution in [3.63, 3.8) is 0 Å². The molecule has 22 heavy (non-hydrogen) atoms. The lowest BCUT2D eigenvalue weighted by molar-refractivity contribution is 0.189. The molecule has 0 saturated carbocycles. The van der Waals surface area contributed by atoms with Crippen molar-refractivity contribution in [3.05, 3.63) is 0 Å². The molecule has 0 aromatic carbocycles. The maximum Gasteiger partial charge on any atom is 0.192 e. The summed E-state index contributed by atoms with van der Waals surface area (Å²) in [7, 11) is -3.30. The summed E-state index contributed by atoms with van der Waals surface area (Å²) in [6.45, 7) is 24.9. The Balaban J connectivity index is 2.48. The van der Waals surface area contributed by atoms with Crippen LogP contribution in [0.25, 0.3) is 0 Å². The van der Waals surface area contributed by atoms with Crippen molar-refractivity contribution in [1.29, 1.82) is 0 Å². The molecular formula is C17H39NO2Si2. The molecule has 1 aliphatic heterocycles. The molecule has 0 spiro atoms. The Kier molecular flexibility index (Phi) is 6.17. The summed E-state index contributed by atoms with van der Waals surface area (Å²) in [6.07, 6.45) is 1.44. The second-order valence-electron chi connectivity index (χ2n) is 9.91.